The molecule has 0 bridgehead atoms. The molecule has 29 heavy (non-hydrogen) atoms. The van der Waals surface area contributed by atoms with Crippen LogP contribution in [0.3, 0.4) is 0 Å². The Morgan fingerprint density at radius 1 is 1.00 bits per heavy atom. The van der Waals surface area contributed by atoms with Gasteiger partial charge in [0.15, 0.2) is 0 Å². The van der Waals surface area contributed by atoms with E-state index in [-0.39, 0.29) is 16.0 Å². The molecule has 1 unspecified atom stereocenters. The van der Waals surface area contributed by atoms with Gasteiger partial charge in [-0.1, -0.05) is 73.3 Å². The summed E-state index contributed by atoms with van der Waals surface area (Å²) in [6.07, 6.45) is 1.48. The molecule has 2 rings (SSSR count). The number of nitrogens with zero attached hydrogens (tertiary/aromatic N) is 1. The minimum Gasteiger partial charge on any atom is -0.329 e. The minimum atomic E-state index is -3.77. The Morgan fingerprint density at radius 3 is 2.07 bits per heavy atom. The van der Waals surface area contributed by atoms with Crippen molar-refractivity contribution in [2.24, 2.45) is 0 Å². The van der Waals surface area contributed by atoms with E-state index in [1.54, 1.807) is 12.1 Å². The molecule has 0 spiro atoms. The molecule has 0 aliphatic carbocycles. The zero-order valence-electron chi connectivity index (χ0n) is 18.8. The van der Waals surface area contributed by atoms with Crippen LogP contribution in [0.25, 0.3) is 0 Å². The molecule has 0 aliphatic heterocycles. The molecule has 160 valence electrons. The van der Waals surface area contributed by atoms with E-state index in [4.69, 9.17) is 4.53 Å². The summed E-state index contributed by atoms with van der Waals surface area (Å²) >= 11 is 0. The van der Waals surface area contributed by atoms with Gasteiger partial charge in [0.25, 0.3) is 10.0 Å². The van der Waals surface area contributed by atoms with Gasteiger partial charge >= 0.3 is 0 Å². The molecule has 0 amide bonds. The van der Waals surface area contributed by atoms with Gasteiger partial charge in [0.05, 0.1) is 4.90 Å². The second-order valence-corrected chi connectivity index (χ2v) is 15.8. The fourth-order valence-electron chi connectivity index (χ4n) is 2.68. The Labute approximate surface area is 178 Å². The van der Waals surface area contributed by atoms with Crippen LogP contribution in [-0.2, 0) is 21.0 Å². The molecule has 2 aromatic carbocycles. The maximum Gasteiger partial charge on any atom is 0.264 e. The summed E-state index contributed by atoms with van der Waals surface area (Å²) < 4.78 is 34.7. The Kier molecular flexibility index (Phi) is 7.49. The third kappa shape index (κ3) is 6.01. The highest BCUT2D eigenvalue weighted by Crippen LogP contribution is 2.39. The summed E-state index contributed by atoms with van der Waals surface area (Å²) in [5, 5.41) is -0.104. The summed E-state index contributed by atoms with van der Waals surface area (Å²) in [6, 6.07) is 16.8. The highest BCUT2D eigenvalue weighted by molar-refractivity contribution is 7.89. The third-order valence-corrected chi connectivity index (χ3v) is 11.9. The molecular weight excluding hydrogens is 398 g/mol. The van der Waals surface area contributed by atoms with Crippen LogP contribution in [0.2, 0.25) is 18.1 Å². The zero-order valence-corrected chi connectivity index (χ0v) is 20.6. The first-order valence-corrected chi connectivity index (χ1v) is 14.5. The van der Waals surface area contributed by atoms with E-state index in [1.807, 2.05) is 44.2 Å². The van der Waals surface area contributed by atoms with Crippen LogP contribution in [-0.4, -0.2) is 27.2 Å². The molecule has 0 saturated carbocycles. The second kappa shape index (κ2) is 9.12. The Hall–Kier alpha value is -1.47. The first kappa shape index (κ1) is 23.8. The van der Waals surface area contributed by atoms with Gasteiger partial charge in [0, 0.05) is 6.04 Å². The van der Waals surface area contributed by atoms with Crippen molar-refractivity contribution in [2.45, 2.75) is 76.5 Å². The van der Waals surface area contributed by atoms with Gasteiger partial charge in [0.1, 0.15) is 0 Å². The fraction of sp³-hybridized carbons (Fsp3) is 0.478. The quantitative estimate of drug-likeness (QED) is 0.382. The van der Waals surface area contributed by atoms with Crippen molar-refractivity contribution in [1.29, 1.82) is 0 Å². The van der Waals surface area contributed by atoms with Gasteiger partial charge in [-0.25, -0.2) is 8.42 Å². The summed E-state index contributed by atoms with van der Waals surface area (Å²) in [6.45, 7) is 14.4. The van der Waals surface area contributed by atoms with Crippen molar-refractivity contribution in [3.8, 4) is 0 Å². The van der Waals surface area contributed by atoms with Crippen LogP contribution in [0.4, 0.5) is 0 Å². The Balaban J connectivity index is 2.35. The van der Waals surface area contributed by atoms with Gasteiger partial charge in [-0.2, -0.15) is 0 Å². The average molecular weight is 434 g/mol. The summed E-state index contributed by atoms with van der Waals surface area (Å²) in [7, 11) is -6.11. The largest absolute Gasteiger partial charge is 0.329 e. The van der Waals surface area contributed by atoms with E-state index < -0.39 is 18.3 Å². The van der Waals surface area contributed by atoms with E-state index in [1.165, 1.54) is 10.0 Å². The number of rotatable bonds is 8. The van der Waals surface area contributed by atoms with Crippen LogP contribution in [0.1, 0.15) is 45.2 Å². The number of aryl methyl sites for hydroxylation is 2. The first-order chi connectivity index (χ1) is 13.3. The highest BCUT2D eigenvalue weighted by atomic mass is 32.2. The maximum absolute atomic E-state index is 13.5. The normalized spacial score (nSPS) is 14.2. The first-order valence-electron chi connectivity index (χ1n) is 10.2. The number of sulfonamides is 1. The van der Waals surface area contributed by atoms with Gasteiger partial charge in [-0.3, -0.25) is 0 Å². The van der Waals surface area contributed by atoms with Crippen molar-refractivity contribution < 1.29 is 12.9 Å². The monoisotopic (exact) mass is 433 g/mol. The van der Waals surface area contributed by atoms with Crippen molar-refractivity contribution in [2.75, 3.05) is 0 Å². The van der Waals surface area contributed by atoms with E-state index in [2.05, 4.69) is 46.0 Å². The molecule has 6 heteroatoms. The third-order valence-electron chi connectivity index (χ3n) is 5.73. The van der Waals surface area contributed by atoms with Crippen LogP contribution >= 0.6 is 0 Å². The molecule has 0 radical (unpaired) electrons. The molecule has 0 heterocycles. The van der Waals surface area contributed by atoms with Crippen LogP contribution in [0, 0.1) is 6.92 Å². The molecule has 2 aromatic rings. The van der Waals surface area contributed by atoms with Gasteiger partial charge in [-0.05, 0) is 62.5 Å². The fourth-order valence-corrected chi connectivity index (χ4v) is 5.80. The van der Waals surface area contributed by atoms with Crippen molar-refractivity contribution >= 4 is 18.3 Å². The summed E-state index contributed by atoms with van der Waals surface area (Å²) in [5.41, 5.74) is 2.22. The van der Waals surface area contributed by atoms with Crippen LogP contribution in [0.5, 0.6) is 0 Å². The van der Waals surface area contributed by atoms with E-state index >= 15 is 0 Å². The standard InChI is InChI=1S/C23H35NO3SSi/c1-19-13-17-22(18-14-19)28(25,26)24(27-29(6,7)23(3,4)5)20(2)15-16-21-11-9-8-10-12-21/h8-14,17-18,20H,15-16H2,1-7H3. The number of benzene rings is 2. The predicted molar refractivity (Wildman–Crippen MR) is 123 cm³/mol. The van der Waals surface area contributed by atoms with E-state index in [9.17, 15) is 8.42 Å². The molecule has 0 fully saturated rings. The smallest absolute Gasteiger partial charge is 0.264 e. The topological polar surface area (TPSA) is 46.6 Å². The summed E-state index contributed by atoms with van der Waals surface area (Å²) in [4.78, 5) is 0.272. The molecule has 1 atom stereocenters. The van der Waals surface area contributed by atoms with Crippen molar-refractivity contribution in [1.82, 2.24) is 4.47 Å². The highest BCUT2D eigenvalue weighted by Gasteiger charge is 2.43. The SMILES string of the molecule is Cc1ccc(S(=O)(=O)N(O[Si](C)(C)C(C)(C)C)C(C)CCc2ccccc2)cc1. The van der Waals surface area contributed by atoms with Crippen LogP contribution in [0.15, 0.2) is 59.5 Å². The van der Waals surface area contributed by atoms with Crippen LogP contribution < -0.4 is 0 Å². The lowest BCUT2D eigenvalue weighted by atomic mass is 10.1. The minimum absolute atomic E-state index is 0.104. The van der Waals surface area contributed by atoms with Crippen molar-refractivity contribution in [3.63, 3.8) is 0 Å². The second-order valence-electron chi connectivity index (χ2n) is 9.30. The lowest BCUT2D eigenvalue weighted by Crippen LogP contribution is -2.51. The molecule has 0 saturated heterocycles. The number of hydrogen-bond acceptors (Lipinski definition) is 3. The lowest BCUT2D eigenvalue weighted by molar-refractivity contribution is -0.0165. The maximum atomic E-state index is 13.5. The Bertz CT molecular complexity index is 888. The summed E-state index contributed by atoms with van der Waals surface area (Å²) in [5.74, 6) is 0. The van der Waals surface area contributed by atoms with Gasteiger partial charge in [-0.15, -0.1) is 0 Å². The number of hydroxylamine groups is 1. The van der Waals surface area contributed by atoms with E-state index in [0.29, 0.717) is 6.42 Å². The molecule has 4 nitrogen and oxygen atoms in total. The molecule has 0 N–H and O–H groups in total. The van der Waals surface area contributed by atoms with Gasteiger partial charge < -0.3 is 4.53 Å². The Morgan fingerprint density at radius 2 is 1.55 bits per heavy atom. The van der Waals surface area contributed by atoms with E-state index in [0.717, 1.165) is 12.0 Å². The molecular formula is C23H35NO3SSi. The molecule has 0 aromatic heterocycles. The van der Waals surface area contributed by atoms with Gasteiger partial charge in [0.2, 0.25) is 8.32 Å². The zero-order chi connectivity index (χ0) is 21.9. The lowest BCUT2D eigenvalue weighted by Gasteiger charge is -2.41. The molecule has 0 aliphatic rings. The number of hydrogen-bond donors (Lipinski definition) is 0. The average Bonchev–Trinajstić information content (AvgIpc) is 2.64. The van der Waals surface area contributed by atoms with Crippen molar-refractivity contribution in [3.05, 3.63) is 65.7 Å². The predicted octanol–water partition coefficient (Wildman–Crippen LogP) is 5.94.